The second-order valence-electron chi connectivity index (χ2n) is 5.57. The van der Waals surface area contributed by atoms with Crippen molar-refractivity contribution in [1.82, 2.24) is 9.62 Å². The lowest BCUT2D eigenvalue weighted by Crippen LogP contribution is -2.46. The highest BCUT2D eigenvalue weighted by atomic mass is 32.2. The van der Waals surface area contributed by atoms with Gasteiger partial charge in [-0.25, -0.2) is 12.7 Å². The van der Waals surface area contributed by atoms with Crippen molar-refractivity contribution in [3.8, 4) is 0 Å². The molecular weight excluding hydrogens is 286 g/mol. The van der Waals surface area contributed by atoms with Crippen molar-refractivity contribution in [2.24, 2.45) is 0 Å². The van der Waals surface area contributed by atoms with Crippen LogP contribution < -0.4 is 10.2 Å². The molecule has 1 fully saturated rings. The maximum Gasteiger partial charge on any atom is 0.242 e. The molecule has 1 N–H and O–H groups in total. The fourth-order valence-electron chi connectivity index (χ4n) is 2.77. The molecule has 0 saturated carbocycles. The summed E-state index contributed by atoms with van der Waals surface area (Å²) in [6, 6.07) is 7.70. The summed E-state index contributed by atoms with van der Waals surface area (Å²) in [6.07, 6.45) is 2.37. The number of sulfonamides is 1. The zero-order valence-corrected chi connectivity index (χ0v) is 13.9. The van der Waals surface area contributed by atoms with Crippen LogP contribution in [0.25, 0.3) is 0 Å². The zero-order valence-electron chi connectivity index (χ0n) is 13.0. The lowest BCUT2D eigenvalue weighted by Gasteiger charge is -2.35. The Bertz CT molecular complexity index is 549. The number of nitrogens with one attached hydrogen (secondary N) is 1. The van der Waals surface area contributed by atoms with Crippen molar-refractivity contribution in [2.75, 3.05) is 38.6 Å². The summed E-state index contributed by atoms with van der Waals surface area (Å²) >= 11 is 0. The Morgan fingerprint density at radius 2 is 1.90 bits per heavy atom. The van der Waals surface area contributed by atoms with Gasteiger partial charge < -0.3 is 10.2 Å². The van der Waals surface area contributed by atoms with Gasteiger partial charge in [-0.3, -0.25) is 0 Å². The topological polar surface area (TPSA) is 52.7 Å². The molecule has 0 bridgehead atoms. The molecule has 0 aromatic heterocycles. The van der Waals surface area contributed by atoms with E-state index in [0.717, 1.165) is 25.3 Å². The molecular formula is C15H25N3O2S. The van der Waals surface area contributed by atoms with Gasteiger partial charge in [-0.1, -0.05) is 0 Å². The SMILES string of the molecule is CCN(c1ccc(S(=O)(=O)N(C)C)cc1)C1CCCNC1. The third kappa shape index (κ3) is 3.56. The number of nitrogens with zero attached hydrogens (tertiary/aromatic N) is 2. The molecule has 21 heavy (non-hydrogen) atoms. The van der Waals surface area contributed by atoms with Crippen molar-refractivity contribution < 1.29 is 8.42 Å². The first-order valence-electron chi connectivity index (χ1n) is 7.46. The summed E-state index contributed by atoms with van der Waals surface area (Å²) in [5.41, 5.74) is 1.09. The lowest BCUT2D eigenvalue weighted by molar-refractivity contribution is 0.435. The van der Waals surface area contributed by atoms with Crippen LogP contribution in [0.5, 0.6) is 0 Å². The number of rotatable bonds is 5. The van der Waals surface area contributed by atoms with Crippen LogP contribution in [0.2, 0.25) is 0 Å². The average Bonchev–Trinajstić information content (AvgIpc) is 2.49. The molecule has 0 spiro atoms. The smallest absolute Gasteiger partial charge is 0.242 e. The molecule has 6 heteroatoms. The minimum absolute atomic E-state index is 0.342. The van der Waals surface area contributed by atoms with E-state index in [9.17, 15) is 8.42 Å². The number of hydrogen-bond donors (Lipinski definition) is 1. The van der Waals surface area contributed by atoms with E-state index in [1.807, 2.05) is 12.1 Å². The maximum atomic E-state index is 12.1. The highest BCUT2D eigenvalue weighted by Crippen LogP contribution is 2.23. The first-order valence-corrected chi connectivity index (χ1v) is 8.90. The molecule has 1 saturated heterocycles. The summed E-state index contributed by atoms with van der Waals surface area (Å²) in [7, 11) is -0.247. The lowest BCUT2D eigenvalue weighted by atomic mass is 10.1. The zero-order chi connectivity index (χ0) is 15.5. The van der Waals surface area contributed by atoms with Crippen LogP contribution >= 0.6 is 0 Å². The van der Waals surface area contributed by atoms with Gasteiger partial charge in [0.1, 0.15) is 0 Å². The fourth-order valence-corrected chi connectivity index (χ4v) is 3.67. The Hall–Kier alpha value is -1.11. The highest BCUT2D eigenvalue weighted by Gasteiger charge is 2.21. The van der Waals surface area contributed by atoms with Gasteiger partial charge in [0, 0.05) is 38.9 Å². The molecule has 1 aromatic rings. The van der Waals surface area contributed by atoms with Crippen LogP contribution in [0.1, 0.15) is 19.8 Å². The summed E-state index contributed by atoms with van der Waals surface area (Å²) in [5, 5.41) is 3.43. The number of hydrogen-bond acceptors (Lipinski definition) is 4. The van der Waals surface area contributed by atoms with Gasteiger partial charge in [0.25, 0.3) is 0 Å². The fraction of sp³-hybridized carbons (Fsp3) is 0.600. The first kappa shape index (κ1) is 16.3. The predicted octanol–water partition coefficient (Wildman–Crippen LogP) is 1.52. The number of piperidine rings is 1. The average molecular weight is 311 g/mol. The highest BCUT2D eigenvalue weighted by molar-refractivity contribution is 7.89. The van der Waals surface area contributed by atoms with Crippen molar-refractivity contribution >= 4 is 15.7 Å². The second-order valence-corrected chi connectivity index (χ2v) is 7.72. The molecule has 118 valence electrons. The van der Waals surface area contributed by atoms with Crippen molar-refractivity contribution in [3.05, 3.63) is 24.3 Å². The van der Waals surface area contributed by atoms with E-state index < -0.39 is 10.0 Å². The van der Waals surface area contributed by atoms with E-state index in [1.54, 1.807) is 26.2 Å². The van der Waals surface area contributed by atoms with E-state index >= 15 is 0 Å². The molecule has 0 amide bonds. The molecule has 1 aliphatic rings. The Morgan fingerprint density at radius 1 is 1.24 bits per heavy atom. The largest absolute Gasteiger partial charge is 0.368 e. The van der Waals surface area contributed by atoms with E-state index in [1.165, 1.54) is 17.1 Å². The van der Waals surface area contributed by atoms with Gasteiger partial charge in [-0.15, -0.1) is 0 Å². The predicted molar refractivity (Wildman–Crippen MR) is 86.2 cm³/mol. The van der Waals surface area contributed by atoms with Crippen LogP contribution in [0.4, 0.5) is 5.69 Å². The Morgan fingerprint density at radius 3 is 2.38 bits per heavy atom. The standard InChI is InChI=1S/C15H25N3O2S/c1-4-18(14-6-5-11-16-12-14)13-7-9-15(10-8-13)21(19,20)17(2)3/h7-10,14,16H,4-6,11-12H2,1-3H3. The van der Waals surface area contributed by atoms with Gasteiger partial charge in [0.15, 0.2) is 0 Å². The molecule has 1 unspecified atom stereocenters. The van der Waals surface area contributed by atoms with Crippen molar-refractivity contribution in [1.29, 1.82) is 0 Å². The normalized spacial score (nSPS) is 19.7. The minimum Gasteiger partial charge on any atom is -0.368 e. The van der Waals surface area contributed by atoms with E-state index in [-0.39, 0.29) is 0 Å². The van der Waals surface area contributed by atoms with Crippen LogP contribution in [0, 0.1) is 0 Å². The first-order chi connectivity index (χ1) is 9.96. The van der Waals surface area contributed by atoms with E-state index in [0.29, 0.717) is 10.9 Å². The third-order valence-corrected chi connectivity index (χ3v) is 5.83. The van der Waals surface area contributed by atoms with Crippen molar-refractivity contribution in [2.45, 2.75) is 30.7 Å². The summed E-state index contributed by atoms with van der Waals surface area (Å²) in [5.74, 6) is 0. The van der Waals surface area contributed by atoms with Gasteiger partial charge in [-0.05, 0) is 50.6 Å². The molecule has 1 aliphatic heterocycles. The molecule has 0 radical (unpaired) electrons. The molecule has 1 heterocycles. The number of likely N-dealkylation sites (N-methyl/N-ethyl adjacent to an activating group) is 1. The van der Waals surface area contributed by atoms with Gasteiger partial charge in [0.05, 0.1) is 4.90 Å². The van der Waals surface area contributed by atoms with E-state index in [4.69, 9.17) is 0 Å². The second kappa shape index (κ2) is 6.77. The molecule has 1 atom stereocenters. The maximum absolute atomic E-state index is 12.1. The molecule has 1 aromatic carbocycles. The van der Waals surface area contributed by atoms with Crippen LogP contribution in [-0.2, 0) is 10.0 Å². The van der Waals surface area contributed by atoms with Crippen molar-refractivity contribution in [3.63, 3.8) is 0 Å². The van der Waals surface area contributed by atoms with Crippen LogP contribution in [0.3, 0.4) is 0 Å². The molecule has 5 nitrogen and oxygen atoms in total. The quantitative estimate of drug-likeness (QED) is 0.896. The van der Waals surface area contributed by atoms with Gasteiger partial charge >= 0.3 is 0 Å². The Kier molecular flexibility index (Phi) is 5.24. The molecule has 0 aliphatic carbocycles. The minimum atomic E-state index is -3.35. The van der Waals surface area contributed by atoms with Gasteiger partial charge in [-0.2, -0.15) is 0 Å². The van der Waals surface area contributed by atoms with Crippen LogP contribution in [0.15, 0.2) is 29.2 Å². The summed E-state index contributed by atoms with van der Waals surface area (Å²) in [4.78, 5) is 2.69. The van der Waals surface area contributed by atoms with E-state index in [2.05, 4.69) is 17.1 Å². The number of anilines is 1. The summed E-state index contributed by atoms with van der Waals surface area (Å²) < 4.78 is 25.4. The molecule has 2 rings (SSSR count). The number of benzene rings is 1. The van der Waals surface area contributed by atoms with Gasteiger partial charge in [0.2, 0.25) is 10.0 Å². The third-order valence-electron chi connectivity index (χ3n) is 4.00. The van der Waals surface area contributed by atoms with Crippen LogP contribution in [-0.4, -0.2) is 52.5 Å². The Labute approximate surface area is 128 Å². The Balaban J connectivity index is 2.20. The monoisotopic (exact) mass is 311 g/mol. The summed E-state index contributed by atoms with van der Waals surface area (Å²) in [6.45, 7) is 5.14.